The van der Waals surface area contributed by atoms with Crippen LogP contribution in [-0.4, -0.2) is 34.0 Å². The molecule has 21 heavy (non-hydrogen) atoms. The number of aromatic carboxylic acids is 1. The van der Waals surface area contributed by atoms with E-state index in [-0.39, 0.29) is 5.69 Å². The Balaban J connectivity index is 1.56. The van der Waals surface area contributed by atoms with Crippen LogP contribution < -0.4 is 0 Å². The second kappa shape index (κ2) is 6.68. The number of aromatic nitrogens is 1. The summed E-state index contributed by atoms with van der Waals surface area (Å²) in [6.07, 6.45) is 3.33. The molecule has 0 aliphatic carbocycles. The lowest BCUT2D eigenvalue weighted by Crippen LogP contribution is -2.35. The minimum atomic E-state index is -0.930. The van der Waals surface area contributed by atoms with Gasteiger partial charge in [0, 0.05) is 29.8 Å². The fourth-order valence-corrected chi connectivity index (χ4v) is 4.46. The zero-order valence-electron chi connectivity index (χ0n) is 11.7. The molecular weight excluding hydrogens is 304 g/mol. The average Bonchev–Trinajstić information content (AvgIpc) is 3.11. The Labute approximate surface area is 132 Å². The van der Waals surface area contributed by atoms with Crippen molar-refractivity contribution in [3.8, 4) is 0 Å². The summed E-state index contributed by atoms with van der Waals surface area (Å²) in [5.41, 5.74) is 0.182. The number of carbonyl (C=O) groups is 1. The molecule has 1 unspecified atom stereocenters. The third-order valence-electron chi connectivity index (χ3n) is 3.80. The van der Waals surface area contributed by atoms with Crippen LogP contribution in [0.3, 0.4) is 0 Å². The van der Waals surface area contributed by atoms with Crippen LogP contribution in [0.15, 0.2) is 22.9 Å². The van der Waals surface area contributed by atoms with Crippen molar-refractivity contribution in [3.05, 3.63) is 38.5 Å². The van der Waals surface area contributed by atoms with E-state index in [4.69, 9.17) is 5.11 Å². The number of piperidine rings is 1. The van der Waals surface area contributed by atoms with Crippen LogP contribution in [0, 0.1) is 5.92 Å². The summed E-state index contributed by atoms with van der Waals surface area (Å²) in [5, 5.41) is 13.6. The highest BCUT2D eigenvalue weighted by molar-refractivity contribution is 7.10. The molecule has 0 spiro atoms. The molecule has 3 rings (SSSR count). The highest BCUT2D eigenvalue weighted by atomic mass is 32.1. The maximum absolute atomic E-state index is 10.9. The van der Waals surface area contributed by atoms with E-state index in [1.54, 1.807) is 5.38 Å². The third-order valence-corrected chi connectivity index (χ3v) is 5.53. The number of rotatable bonds is 5. The van der Waals surface area contributed by atoms with Crippen molar-refractivity contribution < 1.29 is 9.90 Å². The standard InChI is InChI=1S/C15H18N2O2S2/c18-15(19)13-10-21-14(16-13)7-11-3-1-5-17(8-11)9-12-4-2-6-20-12/h2,4,6,10-11H,1,3,5,7-9H2,(H,18,19). The van der Waals surface area contributed by atoms with Gasteiger partial charge in [-0.15, -0.1) is 22.7 Å². The van der Waals surface area contributed by atoms with Gasteiger partial charge in [0.1, 0.15) is 0 Å². The fourth-order valence-electron chi connectivity index (χ4n) is 2.83. The third kappa shape index (κ3) is 3.90. The minimum Gasteiger partial charge on any atom is -0.476 e. The summed E-state index contributed by atoms with van der Waals surface area (Å²) in [4.78, 5) is 19.0. The molecule has 1 aliphatic rings. The van der Waals surface area contributed by atoms with E-state index in [1.165, 1.54) is 29.1 Å². The van der Waals surface area contributed by atoms with Crippen molar-refractivity contribution in [3.63, 3.8) is 0 Å². The molecule has 112 valence electrons. The normalized spacial score (nSPS) is 19.7. The van der Waals surface area contributed by atoms with E-state index in [0.717, 1.165) is 31.1 Å². The van der Waals surface area contributed by atoms with Gasteiger partial charge >= 0.3 is 5.97 Å². The number of carboxylic acids is 1. The number of nitrogens with zero attached hydrogens (tertiary/aromatic N) is 2. The Hall–Kier alpha value is -1.24. The lowest BCUT2D eigenvalue weighted by Gasteiger charge is -2.32. The number of carboxylic acid groups (broad SMARTS) is 1. The van der Waals surface area contributed by atoms with Crippen molar-refractivity contribution in [1.29, 1.82) is 0 Å². The summed E-state index contributed by atoms with van der Waals surface area (Å²) in [6, 6.07) is 4.29. The van der Waals surface area contributed by atoms with Gasteiger partial charge in [0.05, 0.1) is 5.01 Å². The number of thiophene rings is 1. The highest BCUT2D eigenvalue weighted by Crippen LogP contribution is 2.24. The smallest absolute Gasteiger partial charge is 0.355 e. The van der Waals surface area contributed by atoms with Gasteiger partial charge in [0.25, 0.3) is 0 Å². The molecule has 0 amide bonds. The molecule has 0 aromatic carbocycles. The summed E-state index contributed by atoms with van der Waals surface area (Å²) in [6.45, 7) is 3.28. The average molecular weight is 322 g/mol. The molecule has 1 atom stereocenters. The zero-order valence-corrected chi connectivity index (χ0v) is 13.3. The lowest BCUT2D eigenvalue weighted by molar-refractivity contribution is 0.0691. The Morgan fingerprint density at radius 1 is 1.48 bits per heavy atom. The minimum absolute atomic E-state index is 0.182. The van der Waals surface area contributed by atoms with E-state index in [2.05, 4.69) is 27.4 Å². The number of hydrogen-bond acceptors (Lipinski definition) is 5. The molecule has 1 N–H and O–H groups in total. The molecule has 2 aromatic rings. The van der Waals surface area contributed by atoms with Gasteiger partial charge in [0.2, 0.25) is 0 Å². The molecule has 1 saturated heterocycles. The zero-order chi connectivity index (χ0) is 14.7. The van der Waals surface area contributed by atoms with Crippen LogP contribution in [0.2, 0.25) is 0 Å². The van der Waals surface area contributed by atoms with Gasteiger partial charge in [-0.3, -0.25) is 4.90 Å². The fraction of sp³-hybridized carbons (Fsp3) is 0.467. The SMILES string of the molecule is O=C(O)c1csc(CC2CCCN(Cc3cccs3)C2)n1. The first-order valence-electron chi connectivity index (χ1n) is 7.13. The number of thiazole rings is 1. The Bertz CT molecular complexity index is 595. The molecule has 2 aromatic heterocycles. The van der Waals surface area contributed by atoms with Crippen molar-refractivity contribution in [2.75, 3.05) is 13.1 Å². The monoisotopic (exact) mass is 322 g/mol. The lowest BCUT2D eigenvalue weighted by atomic mass is 9.95. The van der Waals surface area contributed by atoms with E-state index >= 15 is 0 Å². The van der Waals surface area contributed by atoms with Crippen LogP contribution in [0.25, 0.3) is 0 Å². The predicted octanol–water partition coefficient (Wildman–Crippen LogP) is 3.36. The largest absolute Gasteiger partial charge is 0.476 e. The topological polar surface area (TPSA) is 53.4 Å². The summed E-state index contributed by atoms with van der Waals surface area (Å²) in [5.74, 6) is -0.341. The van der Waals surface area contributed by atoms with Crippen LogP contribution in [0.5, 0.6) is 0 Å². The molecule has 1 fully saturated rings. The molecule has 4 nitrogen and oxygen atoms in total. The highest BCUT2D eigenvalue weighted by Gasteiger charge is 2.22. The number of likely N-dealkylation sites (tertiary alicyclic amines) is 1. The molecular formula is C15H18N2O2S2. The van der Waals surface area contributed by atoms with Crippen LogP contribution >= 0.6 is 22.7 Å². The molecule has 0 saturated carbocycles. The van der Waals surface area contributed by atoms with Crippen molar-refractivity contribution in [1.82, 2.24) is 9.88 Å². The second-order valence-corrected chi connectivity index (χ2v) is 7.43. The van der Waals surface area contributed by atoms with Crippen LogP contribution in [0.4, 0.5) is 0 Å². The first-order valence-corrected chi connectivity index (χ1v) is 8.89. The van der Waals surface area contributed by atoms with E-state index in [0.29, 0.717) is 5.92 Å². The number of hydrogen-bond donors (Lipinski definition) is 1. The van der Waals surface area contributed by atoms with Gasteiger partial charge in [-0.2, -0.15) is 0 Å². The van der Waals surface area contributed by atoms with Gasteiger partial charge in [-0.25, -0.2) is 9.78 Å². The van der Waals surface area contributed by atoms with Gasteiger partial charge in [0.15, 0.2) is 5.69 Å². The van der Waals surface area contributed by atoms with E-state index < -0.39 is 5.97 Å². The molecule has 3 heterocycles. The quantitative estimate of drug-likeness (QED) is 0.917. The van der Waals surface area contributed by atoms with Gasteiger partial charge in [-0.1, -0.05) is 6.07 Å². The molecule has 6 heteroatoms. The summed E-state index contributed by atoms with van der Waals surface area (Å²) >= 11 is 3.28. The predicted molar refractivity (Wildman–Crippen MR) is 85.1 cm³/mol. The Morgan fingerprint density at radius 3 is 3.10 bits per heavy atom. The maximum atomic E-state index is 10.9. The maximum Gasteiger partial charge on any atom is 0.355 e. The molecule has 0 bridgehead atoms. The van der Waals surface area contributed by atoms with Gasteiger partial charge in [-0.05, 0) is 36.8 Å². The summed E-state index contributed by atoms with van der Waals surface area (Å²) < 4.78 is 0. The van der Waals surface area contributed by atoms with Crippen molar-refractivity contribution >= 4 is 28.6 Å². The van der Waals surface area contributed by atoms with Crippen molar-refractivity contribution in [2.24, 2.45) is 5.92 Å². The van der Waals surface area contributed by atoms with Crippen LogP contribution in [0.1, 0.15) is 33.2 Å². The molecule has 1 aliphatic heterocycles. The van der Waals surface area contributed by atoms with Crippen molar-refractivity contribution in [2.45, 2.75) is 25.8 Å². The first kappa shape index (κ1) is 14.7. The molecule has 0 radical (unpaired) electrons. The van der Waals surface area contributed by atoms with Gasteiger partial charge < -0.3 is 5.11 Å². The van der Waals surface area contributed by atoms with E-state index in [9.17, 15) is 4.79 Å². The Kier molecular flexibility index (Phi) is 4.67. The van der Waals surface area contributed by atoms with Crippen LogP contribution in [-0.2, 0) is 13.0 Å². The first-order chi connectivity index (χ1) is 10.2. The summed E-state index contributed by atoms with van der Waals surface area (Å²) in [7, 11) is 0. The van der Waals surface area contributed by atoms with E-state index in [1.807, 2.05) is 11.3 Å². The second-order valence-electron chi connectivity index (χ2n) is 5.46. The Morgan fingerprint density at radius 2 is 2.38 bits per heavy atom.